The van der Waals surface area contributed by atoms with Gasteiger partial charge in [0.2, 0.25) is 0 Å². The fraction of sp³-hybridized carbons (Fsp3) is 0.333. The highest BCUT2D eigenvalue weighted by Crippen LogP contribution is 2.18. The van der Waals surface area contributed by atoms with E-state index in [1.54, 1.807) is 0 Å². The van der Waals surface area contributed by atoms with Crippen LogP contribution in [0.1, 0.15) is 0 Å². The van der Waals surface area contributed by atoms with E-state index in [-0.39, 0.29) is 5.03 Å². The molecule has 42 valence electrons. The zero-order valence-corrected chi connectivity index (χ0v) is 6.19. The van der Waals surface area contributed by atoms with Gasteiger partial charge in [0.05, 0.1) is 5.03 Å². The summed E-state index contributed by atoms with van der Waals surface area (Å²) in [6, 6.07) is 0. The van der Waals surface area contributed by atoms with E-state index in [2.05, 4.69) is 0 Å². The summed E-state index contributed by atoms with van der Waals surface area (Å²) in [7, 11) is 0. The first kappa shape index (κ1) is 7.90. The second-order valence-electron chi connectivity index (χ2n) is 0.795. The molecule has 0 bridgehead atoms. The third-order valence-corrected chi connectivity index (χ3v) is 1.68. The quantitative estimate of drug-likeness (QED) is 0.543. The van der Waals surface area contributed by atoms with Gasteiger partial charge in [-0.15, -0.1) is 0 Å². The van der Waals surface area contributed by atoms with E-state index in [0.717, 1.165) is 5.54 Å². The maximum absolute atomic E-state index is 5.27. The second kappa shape index (κ2) is 3.85. The Bertz CT molecular complexity index is 75.0. The molecule has 0 saturated heterocycles. The number of hydrogen-bond donors (Lipinski definition) is 0. The highest BCUT2D eigenvalue weighted by atomic mass is 35.5. The maximum Gasteiger partial charge on any atom is 0.144 e. The van der Waals surface area contributed by atoms with Gasteiger partial charge in [-0.2, -0.15) is 0 Å². The SMILES string of the molecule is Cl/C=C(\Cl)C(Cl)Cl. The largest absolute Gasteiger partial charge is 0.144 e. The van der Waals surface area contributed by atoms with Crippen molar-refractivity contribution in [1.82, 2.24) is 0 Å². The normalized spacial score (nSPS) is 13.0. The van der Waals surface area contributed by atoms with Crippen LogP contribution >= 0.6 is 46.4 Å². The molecule has 0 saturated carbocycles. The van der Waals surface area contributed by atoms with E-state index < -0.39 is 4.84 Å². The number of halogens is 4. The molecule has 0 atom stereocenters. The van der Waals surface area contributed by atoms with E-state index in [1.165, 1.54) is 0 Å². The molecule has 0 unspecified atom stereocenters. The van der Waals surface area contributed by atoms with Crippen molar-refractivity contribution in [3.63, 3.8) is 0 Å². The average molecular weight is 180 g/mol. The van der Waals surface area contributed by atoms with Crippen molar-refractivity contribution >= 4 is 46.4 Å². The van der Waals surface area contributed by atoms with Crippen LogP contribution < -0.4 is 0 Å². The van der Waals surface area contributed by atoms with Crippen molar-refractivity contribution in [1.29, 1.82) is 0 Å². The molecule has 0 aromatic carbocycles. The van der Waals surface area contributed by atoms with E-state index >= 15 is 0 Å². The van der Waals surface area contributed by atoms with Crippen LogP contribution in [0.15, 0.2) is 10.6 Å². The smallest absolute Gasteiger partial charge is 0.0990 e. The van der Waals surface area contributed by atoms with Crippen LogP contribution in [-0.2, 0) is 0 Å². The molecule has 0 aliphatic heterocycles. The summed E-state index contributed by atoms with van der Waals surface area (Å²) < 4.78 is 0. The molecule has 0 aromatic heterocycles. The van der Waals surface area contributed by atoms with Crippen LogP contribution in [0.3, 0.4) is 0 Å². The third-order valence-electron chi connectivity index (χ3n) is 0.313. The summed E-state index contributed by atoms with van der Waals surface area (Å²) in [6.45, 7) is 0. The first-order valence-electron chi connectivity index (χ1n) is 1.42. The maximum atomic E-state index is 5.27. The zero-order chi connectivity index (χ0) is 5.86. The topological polar surface area (TPSA) is 0 Å². The summed E-state index contributed by atoms with van der Waals surface area (Å²) >= 11 is 20.8. The number of rotatable bonds is 1. The minimum atomic E-state index is -0.695. The Balaban J connectivity index is 3.56. The molecule has 0 aliphatic rings. The summed E-state index contributed by atoms with van der Waals surface area (Å²) in [5.41, 5.74) is 1.13. The molecule has 7 heavy (non-hydrogen) atoms. The lowest BCUT2D eigenvalue weighted by molar-refractivity contribution is 1.56. The van der Waals surface area contributed by atoms with Crippen LogP contribution in [0.5, 0.6) is 0 Å². The van der Waals surface area contributed by atoms with Gasteiger partial charge in [0.15, 0.2) is 0 Å². The van der Waals surface area contributed by atoms with Gasteiger partial charge in [-0.05, 0) is 0 Å². The zero-order valence-electron chi connectivity index (χ0n) is 3.17. The van der Waals surface area contributed by atoms with Crippen LogP contribution in [0, 0.1) is 0 Å². The van der Waals surface area contributed by atoms with Crippen molar-refractivity contribution < 1.29 is 0 Å². The predicted octanol–water partition coefficient (Wildman–Crippen LogP) is 3.11. The minimum Gasteiger partial charge on any atom is -0.0990 e. The Kier molecular flexibility index (Phi) is 4.34. The lowest BCUT2D eigenvalue weighted by atomic mass is 10.7. The number of alkyl halides is 2. The molecule has 0 rings (SSSR count). The average Bonchev–Trinajstić information content (AvgIpc) is 1.65. The molecule has 0 aromatic rings. The Hall–Kier alpha value is 0.900. The predicted molar refractivity (Wildman–Crippen MR) is 35.3 cm³/mol. The number of allylic oxidation sites excluding steroid dienone is 1. The van der Waals surface area contributed by atoms with Gasteiger partial charge in [-0.25, -0.2) is 0 Å². The van der Waals surface area contributed by atoms with Gasteiger partial charge in [0, 0.05) is 5.54 Å². The van der Waals surface area contributed by atoms with Gasteiger partial charge in [0.1, 0.15) is 4.84 Å². The molecule has 0 heterocycles. The Labute approximate surface area is 62.0 Å². The van der Waals surface area contributed by atoms with Crippen molar-refractivity contribution in [3.8, 4) is 0 Å². The molecule has 0 N–H and O–H groups in total. The third kappa shape index (κ3) is 3.48. The van der Waals surface area contributed by atoms with Gasteiger partial charge in [-0.1, -0.05) is 46.4 Å². The summed E-state index contributed by atoms with van der Waals surface area (Å²) in [4.78, 5) is -0.695. The number of hydrogen-bond acceptors (Lipinski definition) is 0. The molecule has 0 amide bonds. The van der Waals surface area contributed by atoms with E-state index in [4.69, 9.17) is 46.4 Å². The van der Waals surface area contributed by atoms with Crippen molar-refractivity contribution in [2.75, 3.05) is 0 Å². The Morgan fingerprint density at radius 1 is 1.43 bits per heavy atom. The Morgan fingerprint density at radius 3 is 1.86 bits per heavy atom. The minimum absolute atomic E-state index is 0.241. The van der Waals surface area contributed by atoms with Crippen LogP contribution in [0.25, 0.3) is 0 Å². The first-order valence-corrected chi connectivity index (χ1v) is 3.11. The lowest BCUT2D eigenvalue weighted by Crippen LogP contribution is -1.81. The first-order chi connectivity index (χ1) is 3.18. The lowest BCUT2D eigenvalue weighted by Gasteiger charge is -1.91. The highest BCUT2D eigenvalue weighted by Gasteiger charge is 2.00. The van der Waals surface area contributed by atoms with E-state index in [0.29, 0.717) is 0 Å². The second-order valence-corrected chi connectivity index (χ2v) is 2.55. The van der Waals surface area contributed by atoms with E-state index in [1.807, 2.05) is 0 Å². The molecular weight excluding hydrogens is 178 g/mol. The summed E-state index contributed by atoms with van der Waals surface area (Å²) in [6.07, 6.45) is 0. The van der Waals surface area contributed by atoms with Crippen molar-refractivity contribution in [2.24, 2.45) is 0 Å². The molecule has 0 aliphatic carbocycles. The van der Waals surface area contributed by atoms with Crippen LogP contribution in [0.4, 0.5) is 0 Å². The van der Waals surface area contributed by atoms with Gasteiger partial charge >= 0.3 is 0 Å². The summed E-state index contributed by atoms with van der Waals surface area (Å²) in [5.74, 6) is 0. The molecule has 4 heteroatoms. The van der Waals surface area contributed by atoms with Crippen molar-refractivity contribution in [2.45, 2.75) is 4.84 Å². The van der Waals surface area contributed by atoms with Gasteiger partial charge in [-0.3, -0.25) is 0 Å². The standard InChI is InChI=1S/C3H2Cl4/c4-1-2(5)3(6)7/h1,3H/b2-1-. The van der Waals surface area contributed by atoms with E-state index in [9.17, 15) is 0 Å². The molecular formula is C3H2Cl4. The Morgan fingerprint density at radius 2 is 1.86 bits per heavy atom. The molecule has 0 spiro atoms. The fourth-order valence-electron chi connectivity index (χ4n) is 0.0476. The highest BCUT2D eigenvalue weighted by molar-refractivity contribution is 6.53. The van der Waals surface area contributed by atoms with Crippen LogP contribution in [-0.4, -0.2) is 4.84 Å². The van der Waals surface area contributed by atoms with Crippen molar-refractivity contribution in [3.05, 3.63) is 10.6 Å². The molecule has 0 fully saturated rings. The van der Waals surface area contributed by atoms with Gasteiger partial charge in [0.25, 0.3) is 0 Å². The molecule has 0 radical (unpaired) electrons. The fourth-order valence-corrected chi connectivity index (χ4v) is 0.429. The summed E-state index contributed by atoms with van der Waals surface area (Å²) in [5, 5.41) is 0.241. The van der Waals surface area contributed by atoms with Gasteiger partial charge < -0.3 is 0 Å². The monoisotopic (exact) mass is 178 g/mol. The van der Waals surface area contributed by atoms with Crippen LogP contribution in [0.2, 0.25) is 0 Å². The molecule has 0 nitrogen and oxygen atoms in total.